The van der Waals surface area contributed by atoms with Crippen LogP contribution in [0.4, 0.5) is 22.7 Å². The third-order valence-electron chi connectivity index (χ3n) is 15.3. The number of pyridine rings is 1. The Morgan fingerprint density at radius 2 is 1.01 bits per heavy atom. The summed E-state index contributed by atoms with van der Waals surface area (Å²) in [5.74, 6) is 1.20. The van der Waals surface area contributed by atoms with E-state index in [2.05, 4.69) is 187 Å². The summed E-state index contributed by atoms with van der Waals surface area (Å²) in [5, 5.41) is 1.73. The molecule has 1 aliphatic heterocycles. The minimum absolute atomic E-state index is 0.0489. The van der Waals surface area contributed by atoms with E-state index >= 15 is 0 Å². The van der Waals surface area contributed by atoms with Crippen molar-refractivity contribution in [2.45, 2.75) is 85.4 Å². The maximum absolute atomic E-state index is 9.69. The predicted octanol–water partition coefficient (Wildman–Crippen LogP) is 20.1. The van der Waals surface area contributed by atoms with Crippen molar-refractivity contribution in [2.75, 3.05) is 16.5 Å². The molecule has 0 radical (unpaired) electrons. The maximum Gasteiger partial charge on any atom is 0.137 e. The zero-order valence-electron chi connectivity index (χ0n) is 51.0. The number of para-hydroxylation sites is 2. The van der Waals surface area contributed by atoms with Gasteiger partial charge in [-0.1, -0.05) is 196 Å². The second-order valence-electron chi connectivity index (χ2n) is 23.8. The Morgan fingerprint density at radius 3 is 1.64 bits per heavy atom. The maximum atomic E-state index is 9.69. The van der Waals surface area contributed by atoms with Gasteiger partial charge in [-0.25, -0.2) is 4.98 Å². The van der Waals surface area contributed by atoms with Crippen molar-refractivity contribution >= 4 is 44.6 Å². The van der Waals surface area contributed by atoms with Crippen molar-refractivity contribution in [3.8, 4) is 61.8 Å². The van der Waals surface area contributed by atoms with Crippen LogP contribution in [0, 0.1) is 6.85 Å². The van der Waals surface area contributed by atoms with E-state index in [1.807, 2.05) is 71.3 Å². The Kier molecular flexibility index (Phi) is 11.1. The molecule has 3 heterocycles. The summed E-state index contributed by atoms with van der Waals surface area (Å²) in [5.41, 5.74) is 16.3. The first-order valence-electron chi connectivity index (χ1n) is 29.5. The van der Waals surface area contributed by atoms with Crippen LogP contribution >= 0.6 is 0 Å². The third kappa shape index (κ3) is 9.42. The Balaban J connectivity index is 0.987. The van der Waals surface area contributed by atoms with E-state index in [-0.39, 0.29) is 45.4 Å². The summed E-state index contributed by atoms with van der Waals surface area (Å²) in [6, 6.07) is 70.6. The molecule has 0 saturated carbocycles. The van der Waals surface area contributed by atoms with E-state index in [4.69, 9.17) is 13.8 Å². The van der Waals surface area contributed by atoms with E-state index in [9.17, 15) is 2.74 Å². The molecule has 5 nitrogen and oxygen atoms in total. The zero-order valence-corrected chi connectivity index (χ0v) is 46.0. The van der Waals surface area contributed by atoms with Gasteiger partial charge in [0.1, 0.15) is 24.0 Å². The fourth-order valence-electron chi connectivity index (χ4n) is 10.9. The van der Waals surface area contributed by atoms with Gasteiger partial charge in [0.15, 0.2) is 0 Å². The molecule has 386 valence electrons. The molecular weight excluding hydrogens is 949 g/mol. The Bertz CT molecular complexity index is 4250. The Labute approximate surface area is 468 Å². The molecule has 9 aromatic carbocycles. The van der Waals surface area contributed by atoms with Crippen LogP contribution in [-0.2, 0) is 16.2 Å². The zero-order chi connectivity index (χ0) is 58.3. The number of ether oxygens (including phenoxy) is 1. The van der Waals surface area contributed by atoms with Gasteiger partial charge in [-0.3, -0.25) is 4.57 Å². The molecule has 0 bridgehead atoms. The van der Waals surface area contributed by atoms with E-state index < -0.39 is 6.85 Å². The molecule has 78 heavy (non-hydrogen) atoms. The quantitative estimate of drug-likeness (QED) is 0.144. The van der Waals surface area contributed by atoms with Crippen LogP contribution in [0.15, 0.2) is 218 Å². The lowest BCUT2D eigenvalue weighted by atomic mass is 9.77. The highest BCUT2D eigenvalue weighted by molar-refractivity contribution is 6.11. The van der Waals surface area contributed by atoms with Crippen molar-refractivity contribution in [2.24, 2.45) is 0 Å². The molecule has 0 unspecified atom stereocenters. The number of hydrogen-bond acceptors (Lipinski definition) is 4. The number of anilines is 4. The lowest BCUT2D eigenvalue weighted by Gasteiger charge is -2.31. The summed E-state index contributed by atoms with van der Waals surface area (Å²) in [6.07, 6.45) is -0.227. The minimum atomic E-state index is -2.72. The number of rotatable bonds is 9. The number of aromatic nitrogens is 2. The van der Waals surface area contributed by atoms with Gasteiger partial charge in [0.25, 0.3) is 0 Å². The van der Waals surface area contributed by atoms with Gasteiger partial charge in [0.05, 0.1) is 30.8 Å². The average Bonchev–Trinajstić information content (AvgIpc) is 4.11. The topological polar surface area (TPSA) is 33.5 Å². The molecule has 12 rings (SSSR count). The van der Waals surface area contributed by atoms with Crippen LogP contribution in [-0.4, -0.2) is 16.2 Å². The van der Waals surface area contributed by atoms with Gasteiger partial charge in [-0.05, 0) is 140 Å². The van der Waals surface area contributed by atoms with E-state index in [1.165, 1.54) is 27.8 Å². The van der Waals surface area contributed by atoms with Gasteiger partial charge in [0.2, 0.25) is 0 Å². The van der Waals surface area contributed by atoms with Gasteiger partial charge < -0.3 is 14.5 Å². The van der Waals surface area contributed by atoms with Crippen molar-refractivity contribution < 1.29 is 11.6 Å². The highest BCUT2D eigenvalue weighted by Crippen LogP contribution is 2.52. The molecule has 2 aromatic heterocycles. The lowest BCUT2D eigenvalue weighted by Crippen LogP contribution is -2.25. The van der Waals surface area contributed by atoms with Crippen LogP contribution in [0.3, 0.4) is 0 Å². The number of nitrogens with zero attached hydrogens (tertiary/aromatic N) is 4. The Morgan fingerprint density at radius 1 is 0.449 bits per heavy atom. The average molecular weight is 1020 g/mol. The second-order valence-corrected chi connectivity index (χ2v) is 23.8. The highest BCUT2D eigenvalue weighted by Gasteiger charge is 2.34. The molecule has 0 N–H and O–H groups in total. The van der Waals surface area contributed by atoms with Crippen LogP contribution in [0.1, 0.15) is 91.4 Å². The second kappa shape index (κ2) is 19.4. The molecule has 0 amide bonds. The summed E-state index contributed by atoms with van der Waals surface area (Å²) in [6.45, 7) is 18.5. The first-order chi connectivity index (χ1) is 39.5. The predicted molar refractivity (Wildman–Crippen MR) is 330 cm³/mol. The minimum Gasteiger partial charge on any atom is -0.457 e. The van der Waals surface area contributed by atoms with Crippen LogP contribution in [0.5, 0.6) is 11.5 Å². The first kappa shape index (κ1) is 44.5. The lowest BCUT2D eigenvalue weighted by molar-refractivity contribution is 0.483. The summed E-state index contributed by atoms with van der Waals surface area (Å²) >= 11 is 0. The fraction of sp³-hybridized carbons (Fsp3) is 0.192. The van der Waals surface area contributed by atoms with Crippen molar-refractivity contribution in [1.82, 2.24) is 9.55 Å². The van der Waals surface area contributed by atoms with Gasteiger partial charge in [-0.15, -0.1) is 0 Å². The highest BCUT2D eigenvalue weighted by atomic mass is 16.5. The summed E-state index contributed by atoms with van der Waals surface area (Å²) in [4.78, 5) is 9.64. The van der Waals surface area contributed by atoms with E-state index in [1.54, 1.807) is 24.3 Å². The van der Waals surface area contributed by atoms with Crippen molar-refractivity contribution in [3.63, 3.8) is 0 Å². The first-order valence-corrected chi connectivity index (χ1v) is 27.0. The third-order valence-corrected chi connectivity index (χ3v) is 15.3. The van der Waals surface area contributed by atoms with Crippen molar-refractivity contribution in [3.05, 3.63) is 241 Å². The summed E-state index contributed by atoms with van der Waals surface area (Å²) < 4.78 is 54.0. The molecule has 0 saturated heterocycles. The fourth-order valence-corrected chi connectivity index (χ4v) is 10.9. The van der Waals surface area contributed by atoms with Gasteiger partial charge >= 0.3 is 0 Å². The molecule has 0 atom stereocenters. The van der Waals surface area contributed by atoms with Crippen LogP contribution in [0.2, 0.25) is 0 Å². The molecule has 0 spiro atoms. The van der Waals surface area contributed by atoms with Crippen LogP contribution < -0.4 is 14.5 Å². The van der Waals surface area contributed by atoms with Crippen molar-refractivity contribution in [1.29, 1.82) is 0 Å². The normalized spacial score (nSPS) is 14.0. The standard InChI is InChI=1S/C73H68N4O/c1-48-37-69(74-46-64(48)51-27-18-13-19-28-51)77-65-36-33-52(49-23-14-11-15-24-49)40-63(65)60-35-34-59(45-68(60)77)78-58-30-22-29-57(44-58)75-47-76(67-32-21-20-31-66(67)75)70-61(50-25-16-12-17-26-50)42-56(73(8,9)10)43-62(70)53-38-54(71(2,3)4)41-55(39-53)72(5,6)7/h11-46H,47H2,1-10H3/i1D3,37D,46D. The molecule has 11 aromatic rings. The monoisotopic (exact) mass is 1020 g/mol. The van der Waals surface area contributed by atoms with Gasteiger partial charge in [-0.2, -0.15) is 0 Å². The smallest absolute Gasteiger partial charge is 0.137 e. The van der Waals surface area contributed by atoms with E-state index in [0.717, 1.165) is 55.8 Å². The number of hydrogen-bond donors (Lipinski definition) is 0. The SMILES string of the molecule is [2H]c1nc(-n2c3ccc(-c4ccccc4)cc3c3ccc(Oc4cccc(N5CN(c6c(-c7ccccc7)cc(C(C)(C)C)cc6-c6cc(C(C)(C)C)cc(C(C)(C)C)c6)c6ccccc65)c4)cc32)c([2H])c(C([2H])([2H])[2H])c1-c1ccccc1. The van der Waals surface area contributed by atoms with E-state index in [0.29, 0.717) is 34.8 Å². The summed E-state index contributed by atoms with van der Waals surface area (Å²) in [7, 11) is 0. The molecule has 0 aliphatic carbocycles. The Hall–Kier alpha value is -8.67. The molecule has 1 aliphatic rings. The molecular formula is C73H68N4O. The van der Waals surface area contributed by atoms with Gasteiger partial charge in [0, 0.05) is 55.6 Å². The van der Waals surface area contributed by atoms with Crippen LogP contribution in [0.25, 0.3) is 72.1 Å². The molecule has 5 heteroatoms. The number of fused-ring (bicyclic) bond motifs is 4. The largest absolute Gasteiger partial charge is 0.457 e. The molecule has 0 fully saturated rings. The number of benzene rings is 9.